The minimum atomic E-state index is -0.656. The molecule has 0 heterocycles. The van der Waals surface area contributed by atoms with Crippen molar-refractivity contribution in [3.8, 4) is 0 Å². The topological polar surface area (TPSA) is 102 Å². The highest BCUT2D eigenvalue weighted by atomic mass is 16.6. The maximum absolute atomic E-state index is 11.1. The zero-order chi connectivity index (χ0) is 17.0. The summed E-state index contributed by atoms with van der Waals surface area (Å²) < 4.78 is 0. The zero-order valence-electron chi connectivity index (χ0n) is 12.7. The van der Waals surface area contributed by atoms with Crippen LogP contribution in [0.5, 0.6) is 0 Å². The molecule has 0 amide bonds. The van der Waals surface area contributed by atoms with Crippen molar-refractivity contribution >= 4 is 22.7 Å². The molecule has 23 heavy (non-hydrogen) atoms. The third-order valence-electron chi connectivity index (χ3n) is 3.32. The summed E-state index contributed by atoms with van der Waals surface area (Å²) in [6.07, 6.45) is 0. The molecule has 0 aliphatic carbocycles. The van der Waals surface area contributed by atoms with Gasteiger partial charge in [0.2, 0.25) is 0 Å². The minimum absolute atomic E-state index is 0.247. The quantitative estimate of drug-likeness (QED) is 0.648. The van der Waals surface area contributed by atoms with E-state index in [1.807, 2.05) is 43.3 Å². The molecular weight excluding hydrogens is 300 g/mol. The highest BCUT2D eigenvalue weighted by Crippen LogP contribution is 2.29. The number of hydrogen-bond acceptors (Lipinski definition) is 6. The second-order valence-electron chi connectivity index (χ2n) is 5.13. The first-order chi connectivity index (χ1) is 10.9. The second-order valence-corrected chi connectivity index (χ2v) is 5.13. The third-order valence-corrected chi connectivity index (χ3v) is 3.32. The number of hydrogen-bond donors (Lipinski definition) is 1. The van der Waals surface area contributed by atoms with E-state index in [1.165, 1.54) is 12.1 Å². The van der Waals surface area contributed by atoms with Gasteiger partial charge < -0.3 is 10.2 Å². The first-order valence-corrected chi connectivity index (χ1v) is 6.81. The van der Waals surface area contributed by atoms with E-state index in [0.717, 1.165) is 17.3 Å². The SMILES string of the molecule is CN(C)c1ccc(CNc2ccc([N+](=O)[O-])cc2[N+](=O)[O-])cc1. The molecule has 0 radical (unpaired) electrons. The van der Waals surface area contributed by atoms with Gasteiger partial charge in [-0.1, -0.05) is 12.1 Å². The van der Waals surface area contributed by atoms with Crippen molar-refractivity contribution in [3.63, 3.8) is 0 Å². The van der Waals surface area contributed by atoms with E-state index >= 15 is 0 Å². The Balaban J connectivity index is 2.16. The molecule has 1 N–H and O–H groups in total. The summed E-state index contributed by atoms with van der Waals surface area (Å²) in [7, 11) is 3.88. The Morgan fingerprint density at radius 3 is 2.17 bits per heavy atom. The van der Waals surface area contributed by atoms with Gasteiger partial charge in [-0.05, 0) is 23.8 Å². The van der Waals surface area contributed by atoms with Crippen LogP contribution in [0.1, 0.15) is 5.56 Å². The van der Waals surface area contributed by atoms with Crippen molar-refractivity contribution in [2.75, 3.05) is 24.3 Å². The molecule has 0 unspecified atom stereocenters. The maximum Gasteiger partial charge on any atom is 0.299 e. The van der Waals surface area contributed by atoms with Gasteiger partial charge in [0.1, 0.15) is 5.69 Å². The van der Waals surface area contributed by atoms with Crippen LogP contribution in [0.25, 0.3) is 0 Å². The number of nitrogens with zero attached hydrogens (tertiary/aromatic N) is 3. The van der Waals surface area contributed by atoms with Crippen LogP contribution in [0.15, 0.2) is 42.5 Å². The standard InChI is InChI=1S/C15H16N4O4/c1-17(2)12-5-3-11(4-6-12)10-16-14-8-7-13(18(20)21)9-15(14)19(22)23/h3-9,16H,10H2,1-2H3. The highest BCUT2D eigenvalue weighted by molar-refractivity contribution is 5.65. The average Bonchev–Trinajstić information content (AvgIpc) is 2.52. The number of nitrogens with one attached hydrogen (secondary N) is 1. The number of nitro groups is 2. The molecule has 0 bridgehead atoms. The molecule has 8 nitrogen and oxygen atoms in total. The molecule has 2 aromatic carbocycles. The minimum Gasteiger partial charge on any atom is -0.378 e. The molecule has 2 rings (SSSR count). The summed E-state index contributed by atoms with van der Waals surface area (Å²) in [6.45, 7) is 0.381. The Bertz CT molecular complexity index is 729. The zero-order valence-corrected chi connectivity index (χ0v) is 12.7. The molecule has 0 fully saturated rings. The van der Waals surface area contributed by atoms with E-state index in [0.29, 0.717) is 6.54 Å². The van der Waals surface area contributed by atoms with Crippen LogP contribution in [-0.4, -0.2) is 23.9 Å². The average molecular weight is 316 g/mol. The lowest BCUT2D eigenvalue weighted by molar-refractivity contribution is -0.393. The highest BCUT2D eigenvalue weighted by Gasteiger charge is 2.19. The van der Waals surface area contributed by atoms with E-state index in [2.05, 4.69) is 5.32 Å². The van der Waals surface area contributed by atoms with Crippen molar-refractivity contribution in [2.24, 2.45) is 0 Å². The Morgan fingerprint density at radius 1 is 1.00 bits per heavy atom. The fourth-order valence-corrected chi connectivity index (χ4v) is 2.04. The van der Waals surface area contributed by atoms with E-state index in [-0.39, 0.29) is 17.1 Å². The van der Waals surface area contributed by atoms with Crippen molar-refractivity contribution in [3.05, 3.63) is 68.3 Å². The van der Waals surface area contributed by atoms with E-state index < -0.39 is 9.85 Å². The van der Waals surface area contributed by atoms with Crippen molar-refractivity contribution in [1.29, 1.82) is 0 Å². The van der Waals surface area contributed by atoms with Crippen LogP contribution >= 0.6 is 0 Å². The summed E-state index contributed by atoms with van der Waals surface area (Å²) in [5.41, 5.74) is 1.62. The Kier molecular flexibility index (Phi) is 4.75. The number of benzene rings is 2. The summed E-state index contributed by atoms with van der Waals surface area (Å²) >= 11 is 0. The van der Waals surface area contributed by atoms with Gasteiger partial charge in [-0.15, -0.1) is 0 Å². The van der Waals surface area contributed by atoms with Gasteiger partial charge in [-0.2, -0.15) is 0 Å². The number of non-ortho nitro benzene ring substituents is 1. The Hall–Kier alpha value is -3.16. The molecule has 0 spiro atoms. The molecule has 0 saturated carbocycles. The van der Waals surface area contributed by atoms with Gasteiger partial charge in [0.15, 0.2) is 0 Å². The predicted octanol–water partition coefficient (Wildman–Crippen LogP) is 3.18. The molecule has 0 saturated heterocycles. The van der Waals surface area contributed by atoms with Crippen LogP contribution in [0.3, 0.4) is 0 Å². The molecular formula is C15H16N4O4. The van der Waals surface area contributed by atoms with Crippen molar-refractivity contribution in [1.82, 2.24) is 0 Å². The largest absolute Gasteiger partial charge is 0.378 e. The summed E-state index contributed by atoms with van der Waals surface area (Å²) in [5.74, 6) is 0. The van der Waals surface area contributed by atoms with E-state index in [4.69, 9.17) is 0 Å². The van der Waals surface area contributed by atoms with Crippen LogP contribution < -0.4 is 10.2 Å². The molecule has 120 valence electrons. The van der Waals surface area contributed by atoms with E-state index in [9.17, 15) is 20.2 Å². The van der Waals surface area contributed by atoms with Gasteiger partial charge in [0, 0.05) is 32.4 Å². The fourth-order valence-electron chi connectivity index (χ4n) is 2.04. The van der Waals surface area contributed by atoms with Crippen LogP contribution in [0, 0.1) is 20.2 Å². The van der Waals surface area contributed by atoms with Crippen LogP contribution in [-0.2, 0) is 6.54 Å². The molecule has 0 aromatic heterocycles. The van der Waals surface area contributed by atoms with Crippen LogP contribution in [0.2, 0.25) is 0 Å². The van der Waals surface area contributed by atoms with Gasteiger partial charge >= 0.3 is 0 Å². The van der Waals surface area contributed by atoms with Gasteiger partial charge in [0.05, 0.1) is 15.9 Å². The normalized spacial score (nSPS) is 10.2. The summed E-state index contributed by atoms with van der Waals surface area (Å²) in [4.78, 5) is 22.5. The van der Waals surface area contributed by atoms with Gasteiger partial charge in [-0.3, -0.25) is 20.2 Å². The summed E-state index contributed by atoms with van der Waals surface area (Å²) in [5, 5.41) is 24.7. The molecule has 0 aliphatic heterocycles. The lowest BCUT2D eigenvalue weighted by atomic mass is 10.2. The van der Waals surface area contributed by atoms with Gasteiger partial charge in [-0.25, -0.2) is 0 Å². The predicted molar refractivity (Wildman–Crippen MR) is 87.8 cm³/mol. The number of rotatable bonds is 6. The lowest BCUT2D eigenvalue weighted by Gasteiger charge is -2.13. The second kappa shape index (κ2) is 6.73. The molecule has 2 aromatic rings. The third kappa shape index (κ3) is 3.94. The van der Waals surface area contributed by atoms with Crippen molar-refractivity contribution < 1.29 is 9.85 Å². The van der Waals surface area contributed by atoms with Crippen molar-refractivity contribution in [2.45, 2.75) is 6.54 Å². The number of nitro benzene ring substituents is 2. The molecule has 0 aliphatic rings. The van der Waals surface area contributed by atoms with E-state index in [1.54, 1.807) is 0 Å². The molecule has 0 atom stereocenters. The molecule has 8 heteroatoms. The summed E-state index contributed by atoms with van der Waals surface area (Å²) in [6, 6.07) is 11.3. The Labute approximate surface area is 132 Å². The lowest BCUT2D eigenvalue weighted by Crippen LogP contribution is -2.08. The van der Waals surface area contributed by atoms with Crippen LogP contribution in [0.4, 0.5) is 22.7 Å². The maximum atomic E-state index is 11.1. The Morgan fingerprint density at radius 2 is 1.65 bits per heavy atom. The smallest absolute Gasteiger partial charge is 0.299 e. The monoisotopic (exact) mass is 316 g/mol. The number of anilines is 2. The first-order valence-electron chi connectivity index (χ1n) is 6.81. The first kappa shape index (κ1) is 16.2. The fraction of sp³-hybridized carbons (Fsp3) is 0.200. The van der Waals surface area contributed by atoms with Gasteiger partial charge in [0.25, 0.3) is 11.4 Å².